The molecule has 0 radical (unpaired) electrons. The van der Waals surface area contributed by atoms with Crippen LogP contribution in [0.4, 0.5) is 0 Å². The van der Waals surface area contributed by atoms with Crippen molar-refractivity contribution in [1.29, 1.82) is 0 Å². The van der Waals surface area contributed by atoms with Crippen LogP contribution in [0.1, 0.15) is 16.3 Å². The number of rotatable bonds is 3. The van der Waals surface area contributed by atoms with Crippen LogP contribution in [0.3, 0.4) is 0 Å². The second-order valence-electron chi connectivity index (χ2n) is 4.36. The average molecular weight is 268 g/mol. The van der Waals surface area contributed by atoms with Crippen LogP contribution in [-0.4, -0.2) is 30.8 Å². The maximum Gasteiger partial charge on any atom is 0.353 e. The fourth-order valence-electron chi connectivity index (χ4n) is 2.02. The molecule has 0 saturated carbocycles. The summed E-state index contributed by atoms with van der Waals surface area (Å²) < 4.78 is 1.97. The number of hydrogen-bond acceptors (Lipinski definition) is 3. The van der Waals surface area contributed by atoms with Gasteiger partial charge < -0.3 is 9.67 Å². The van der Waals surface area contributed by atoms with Crippen LogP contribution in [0, 0.1) is 6.92 Å². The quantitative estimate of drug-likeness (QED) is 0.763. The molecule has 20 heavy (non-hydrogen) atoms. The standard InChI is InChI=1S/C14H12N4O2/c1-9-15-6-7-18(9)11-4-2-10(3-5-11)12-8-13(14(19)20)17-16-12/h2-8H,1H3,(H,16,17)(H,19,20). The molecular formula is C14H12N4O2. The zero-order valence-corrected chi connectivity index (χ0v) is 10.7. The molecule has 0 spiro atoms. The first-order chi connectivity index (χ1) is 9.65. The van der Waals surface area contributed by atoms with E-state index in [2.05, 4.69) is 15.2 Å². The van der Waals surface area contributed by atoms with Crippen molar-refractivity contribution >= 4 is 5.97 Å². The molecule has 2 heterocycles. The van der Waals surface area contributed by atoms with Crippen molar-refractivity contribution in [1.82, 2.24) is 19.7 Å². The van der Waals surface area contributed by atoms with Gasteiger partial charge in [0.1, 0.15) is 11.5 Å². The van der Waals surface area contributed by atoms with Gasteiger partial charge in [-0.15, -0.1) is 0 Å². The molecule has 0 aliphatic carbocycles. The van der Waals surface area contributed by atoms with Crippen molar-refractivity contribution in [2.45, 2.75) is 6.92 Å². The molecule has 2 aromatic heterocycles. The van der Waals surface area contributed by atoms with Gasteiger partial charge in [0.15, 0.2) is 0 Å². The van der Waals surface area contributed by atoms with Crippen molar-refractivity contribution in [3.63, 3.8) is 0 Å². The first kappa shape index (κ1) is 12.2. The first-order valence-corrected chi connectivity index (χ1v) is 6.04. The van der Waals surface area contributed by atoms with Crippen molar-refractivity contribution in [3.8, 4) is 16.9 Å². The Balaban J connectivity index is 1.93. The van der Waals surface area contributed by atoms with E-state index in [0.29, 0.717) is 5.69 Å². The molecule has 0 saturated heterocycles. The minimum atomic E-state index is -1.02. The zero-order chi connectivity index (χ0) is 14.1. The number of aromatic carboxylic acids is 1. The van der Waals surface area contributed by atoms with Gasteiger partial charge in [0.2, 0.25) is 0 Å². The number of carbonyl (C=O) groups is 1. The molecule has 3 aromatic rings. The number of hydrogen-bond donors (Lipinski definition) is 2. The van der Waals surface area contributed by atoms with Crippen molar-refractivity contribution in [2.75, 3.05) is 0 Å². The number of aromatic amines is 1. The predicted octanol–water partition coefficient (Wildman–Crippen LogP) is 2.27. The third kappa shape index (κ3) is 2.07. The second kappa shape index (κ2) is 4.65. The Morgan fingerprint density at radius 3 is 2.60 bits per heavy atom. The monoisotopic (exact) mass is 268 g/mol. The lowest BCUT2D eigenvalue weighted by atomic mass is 10.1. The molecule has 100 valence electrons. The highest BCUT2D eigenvalue weighted by Crippen LogP contribution is 2.20. The Morgan fingerprint density at radius 2 is 2.05 bits per heavy atom. The molecule has 0 atom stereocenters. The van der Waals surface area contributed by atoms with Gasteiger partial charge in [-0.1, -0.05) is 12.1 Å². The Hall–Kier alpha value is -2.89. The molecule has 0 aliphatic heterocycles. The summed E-state index contributed by atoms with van der Waals surface area (Å²) in [6.07, 6.45) is 3.64. The van der Waals surface area contributed by atoms with Crippen LogP contribution < -0.4 is 0 Å². The maximum absolute atomic E-state index is 10.8. The minimum absolute atomic E-state index is 0.0783. The van der Waals surface area contributed by atoms with E-state index in [1.165, 1.54) is 6.07 Å². The van der Waals surface area contributed by atoms with Gasteiger partial charge in [-0.3, -0.25) is 5.10 Å². The van der Waals surface area contributed by atoms with Crippen LogP contribution in [-0.2, 0) is 0 Å². The highest BCUT2D eigenvalue weighted by molar-refractivity contribution is 5.86. The molecule has 0 unspecified atom stereocenters. The summed E-state index contributed by atoms with van der Waals surface area (Å²) >= 11 is 0. The SMILES string of the molecule is Cc1nccn1-c1ccc(-c2cc(C(=O)O)[nH]n2)cc1. The van der Waals surface area contributed by atoms with Crippen molar-refractivity contribution < 1.29 is 9.90 Å². The Labute approximate surface area is 114 Å². The first-order valence-electron chi connectivity index (χ1n) is 6.04. The number of benzene rings is 1. The molecular weight excluding hydrogens is 256 g/mol. The van der Waals surface area contributed by atoms with E-state index in [1.54, 1.807) is 6.20 Å². The normalized spacial score (nSPS) is 10.7. The highest BCUT2D eigenvalue weighted by atomic mass is 16.4. The van der Waals surface area contributed by atoms with E-state index in [0.717, 1.165) is 17.1 Å². The lowest BCUT2D eigenvalue weighted by molar-refractivity contribution is 0.0690. The van der Waals surface area contributed by atoms with Gasteiger partial charge in [0.05, 0.1) is 5.69 Å². The number of aryl methyl sites for hydroxylation is 1. The Kier molecular flexibility index (Phi) is 2.83. The number of carboxylic acid groups (broad SMARTS) is 1. The van der Waals surface area contributed by atoms with E-state index in [4.69, 9.17) is 5.11 Å². The van der Waals surface area contributed by atoms with Crippen molar-refractivity contribution in [2.24, 2.45) is 0 Å². The molecule has 0 bridgehead atoms. The van der Waals surface area contributed by atoms with Gasteiger partial charge in [-0.25, -0.2) is 9.78 Å². The Morgan fingerprint density at radius 1 is 1.30 bits per heavy atom. The lowest BCUT2D eigenvalue weighted by Crippen LogP contribution is -1.95. The smallest absolute Gasteiger partial charge is 0.353 e. The summed E-state index contributed by atoms with van der Waals surface area (Å²) in [4.78, 5) is 15.0. The number of nitrogens with one attached hydrogen (secondary N) is 1. The number of carboxylic acids is 1. The maximum atomic E-state index is 10.8. The summed E-state index contributed by atoms with van der Waals surface area (Å²) in [6.45, 7) is 1.93. The summed E-state index contributed by atoms with van der Waals surface area (Å²) in [6, 6.07) is 9.20. The van der Waals surface area contributed by atoms with Crippen LogP contribution in [0.5, 0.6) is 0 Å². The van der Waals surface area contributed by atoms with Crippen LogP contribution in [0.25, 0.3) is 16.9 Å². The van der Waals surface area contributed by atoms with E-state index < -0.39 is 5.97 Å². The third-order valence-electron chi connectivity index (χ3n) is 3.08. The number of imidazole rings is 1. The Bertz CT molecular complexity index is 756. The fraction of sp³-hybridized carbons (Fsp3) is 0.0714. The molecule has 2 N–H and O–H groups in total. The second-order valence-corrected chi connectivity index (χ2v) is 4.36. The van der Waals surface area contributed by atoms with E-state index in [-0.39, 0.29) is 5.69 Å². The molecule has 6 heteroatoms. The molecule has 0 amide bonds. The molecule has 3 rings (SSSR count). The van der Waals surface area contributed by atoms with E-state index in [1.807, 2.05) is 42.0 Å². The van der Waals surface area contributed by atoms with Gasteiger partial charge in [0.25, 0.3) is 0 Å². The van der Waals surface area contributed by atoms with Crippen molar-refractivity contribution in [3.05, 3.63) is 54.2 Å². The molecule has 1 aromatic carbocycles. The van der Waals surface area contributed by atoms with Gasteiger partial charge in [-0.05, 0) is 25.1 Å². The van der Waals surface area contributed by atoms with Crippen LogP contribution >= 0.6 is 0 Å². The minimum Gasteiger partial charge on any atom is -0.477 e. The summed E-state index contributed by atoms with van der Waals surface area (Å²) in [5.74, 6) is -0.111. The van der Waals surface area contributed by atoms with E-state index >= 15 is 0 Å². The molecule has 0 aliphatic rings. The predicted molar refractivity (Wildman–Crippen MR) is 72.8 cm³/mol. The van der Waals surface area contributed by atoms with Gasteiger partial charge >= 0.3 is 5.97 Å². The van der Waals surface area contributed by atoms with E-state index in [9.17, 15) is 4.79 Å². The van der Waals surface area contributed by atoms with Crippen LogP contribution in [0.2, 0.25) is 0 Å². The largest absolute Gasteiger partial charge is 0.477 e. The lowest BCUT2D eigenvalue weighted by Gasteiger charge is -2.05. The average Bonchev–Trinajstić information content (AvgIpc) is 3.07. The van der Waals surface area contributed by atoms with Gasteiger partial charge in [-0.2, -0.15) is 5.10 Å². The summed E-state index contributed by atoms with van der Waals surface area (Å²) in [5.41, 5.74) is 2.54. The number of aromatic nitrogens is 4. The zero-order valence-electron chi connectivity index (χ0n) is 10.7. The molecule has 0 fully saturated rings. The fourth-order valence-corrected chi connectivity index (χ4v) is 2.02. The number of H-pyrrole nitrogens is 1. The topological polar surface area (TPSA) is 83.8 Å². The van der Waals surface area contributed by atoms with Gasteiger partial charge in [0, 0.05) is 23.6 Å². The summed E-state index contributed by atoms with van der Waals surface area (Å²) in [5, 5.41) is 15.3. The summed E-state index contributed by atoms with van der Waals surface area (Å²) in [7, 11) is 0. The highest BCUT2D eigenvalue weighted by Gasteiger charge is 2.09. The molecule has 6 nitrogen and oxygen atoms in total. The van der Waals surface area contributed by atoms with Crippen LogP contribution in [0.15, 0.2) is 42.7 Å². The third-order valence-corrected chi connectivity index (χ3v) is 3.08. The number of nitrogens with zero attached hydrogens (tertiary/aromatic N) is 3.